The third-order valence-corrected chi connectivity index (χ3v) is 1.63. The van der Waals surface area contributed by atoms with Crippen molar-refractivity contribution in [3.8, 4) is 0 Å². The molecule has 0 aliphatic carbocycles. The van der Waals surface area contributed by atoms with E-state index in [-0.39, 0.29) is 5.79 Å². The van der Waals surface area contributed by atoms with Crippen LogP contribution in [-0.4, -0.2) is 18.0 Å². The van der Waals surface area contributed by atoms with Crippen molar-refractivity contribution in [1.29, 1.82) is 0 Å². The van der Waals surface area contributed by atoms with E-state index in [9.17, 15) is 0 Å². The molecular weight excluding hydrogens is 128 g/mol. The standard InChI is InChI=1S/C8H16O2/c1-6-5-7(2)10-8(3,4)9-6/h6-7H,5H2,1-4H3/t6-,7-/m1/s1. The molecule has 2 heteroatoms. The van der Waals surface area contributed by atoms with E-state index in [1.807, 2.05) is 13.8 Å². The molecule has 60 valence electrons. The summed E-state index contributed by atoms with van der Waals surface area (Å²) in [5, 5.41) is 0. The van der Waals surface area contributed by atoms with Crippen LogP contribution in [0.1, 0.15) is 34.1 Å². The van der Waals surface area contributed by atoms with Gasteiger partial charge in [-0.3, -0.25) is 0 Å². The van der Waals surface area contributed by atoms with Gasteiger partial charge < -0.3 is 9.47 Å². The summed E-state index contributed by atoms with van der Waals surface area (Å²) in [5.74, 6) is -0.378. The molecule has 0 bridgehead atoms. The Morgan fingerprint density at radius 2 is 1.50 bits per heavy atom. The van der Waals surface area contributed by atoms with Crippen molar-refractivity contribution < 1.29 is 9.47 Å². The molecule has 1 aliphatic heterocycles. The molecule has 1 saturated heterocycles. The average molecular weight is 144 g/mol. The summed E-state index contributed by atoms with van der Waals surface area (Å²) < 4.78 is 11.0. The summed E-state index contributed by atoms with van der Waals surface area (Å²) in [6.45, 7) is 8.08. The largest absolute Gasteiger partial charge is 0.347 e. The fourth-order valence-electron chi connectivity index (χ4n) is 1.56. The smallest absolute Gasteiger partial charge is 0.163 e. The number of hydrogen-bond donors (Lipinski definition) is 0. The summed E-state index contributed by atoms with van der Waals surface area (Å²) in [7, 11) is 0. The quantitative estimate of drug-likeness (QED) is 0.517. The van der Waals surface area contributed by atoms with Crippen LogP contribution in [0.2, 0.25) is 0 Å². The lowest BCUT2D eigenvalue weighted by molar-refractivity contribution is -0.292. The van der Waals surface area contributed by atoms with Crippen LogP contribution in [0.5, 0.6) is 0 Å². The van der Waals surface area contributed by atoms with Gasteiger partial charge >= 0.3 is 0 Å². The van der Waals surface area contributed by atoms with E-state index < -0.39 is 0 Å². The number of ether oxygens (including phenoxy) is 2. The lowest BCUT2D eigenvalue weighted by Crippen LogP contribution is -2.42. The van der Waals surface area contributed by atoms with Gasteiger partial charge in [-0.1, -0.05) is 0 Å². The van der Waals surface area contributed by atoms with Crippen LogP contribution < -0.4 is 0 Å². The van der Waals surface area contributed by atoms with E-state index in [1.54, 1.807) is 0 Å². The number of rotatable bonds is 0. The fraction of sp³-hybridized carbons (Fsp3) is 1.00. The zero-order valence-electron chi connectivity index (χ0n) is 7.18. The van der Waals surface area contributed by atoms with Crippen molar-refractivity contribution in [3.63, 3.8) is 0 Å². The first-order valence-corrected chi connectivity index (χ1v) is 3.85. The van der Waals surface area contributed by atoms with Gasteiger partial charge in [0.2, 0.25) is 0 Å². The molecule has 0 aromatic rings. The highest BCUT2D eigenvalue weighted by Gasteiger charge is 2.30. The van der Waals surface area contributed by atoms with Crippen molar-refractivity contribution in [3.05, 3.63) is 0 Å². The molecule has 0 radical (unpaired) electrons. The fourth-order valence-corrected chi connectivity index (χ4v) is 1.56. The van der Waals surface area contributed by atoms with Crippen molar-refractivity contribution in [2.75, 3.05) is 0 Å². The maximum absolute atomic E-state index is 5.52. The monoisotopic (exact) mass is 144 g/mol. The minimum Gasteiger partial charge on any atom is -0.347 e. The van der Waals surface area contributed by atoms with Gasteiger partial charge in [0.25, 0.3) is 0 Å². The molecule has 2 atom stereocenters. The Labute approximate surface area is 62.5 Å². The van der Waals surface area contributed by atoms with Crippen molar-refractivity contribution in [2.24, 2.45) is 0 Å². The molecular formula is C8H16O2. The van der Waals surface area contributed by atoms with E-state index in [2.05, 4.69) is 13.8 Å². The van der Waals surface area contributed by atoms with Gasteiger partial charge in [-0.05, 0) is 34.1 Å². The molecule has 0 saturated carbocycles. The molecule has 1 heterocycles. The van der Waals surface area contributed by atoms with Crippen LogP contribution in [0, 0.1) is 0 Å². The van der Waals surface area contributed by atoms with E-state index in [4.69, 9.17) is 9.47 Å². The minimum atomic E-state index is -0.378. The molecule has 0 N–H and O–H groups in total. The Morgan fingerprint density at radius 3 is 1.80 bits per heavy atom. The Balaban J connectivity index is 2.51. The summed E-state index contributed by atoms with van der Waals surface area (Å²) in [6.07, 6.45) is 1.67. The normalized spacial score (nSPS) is 39.6. The maximum atomic E-state index is 5.52. The van der Waals surface area contributed by atoms with E-state index in [0.717, 1.165) is 6.42 Å². The topological polar surface area (TPSA) is 18.5 Å². The van der Waals surface area contributed by atoms with Gasteiger partial charge in [0, 0.05) is 0 Å². The predicted molar refractivity (Wildman–Crippen MR) is 39.8 cm³/mol. The highest BCUT2D eigenvalue weighted by atomic mass is 16.7. The third kappa shape index (κ3) is 1.96. The van der Waals surface area contributed by atoms with E-state index in [0.29, 0.717) is 12.2 Å². The molecule has 1 rings (SSSR count). The third-order valence-electron chi connectivity index (χ3n) is 1.63. The first-order valence-electron chi connectivity index (χ1n) is 3.85. The van der Waals surface area contributed by atoms with Crippen LogP contribution in [0.15, 0.2) is 0 Å². The Bertz CT molecular complexity index is 108. The second-order valence-corrected chi connectivity index (χ2v) is 3.49. The van der Waals surface area contributed by atoms with Gasteiger partial charge in [-0.15, -0.1) is 0 Å². The van der Waals surface area contributed by atoms with Crippen LogP contribution in [0.3, 0.4) is 0 Å². The first kappa shape index (κ1) is 8.02. The molecule has 0 amide bonds. The van der Waals surface area contributed by atoms with Gasteiger partial charge in [-0.2, -0.15) is 0 Å². The lowest BCUT2D eigenvalue weighted by atomic mass is 10.1. The first-order chi connectivity index (χ1) is 4.49. The van der Waals surface area contributed by atoms with E-state index >= 15 is 0 Å². The van der Waals surface area contributed by atoms with Crippen LogP contribution in [-0.2, 0) is 9.47 Å². The average Bonchev–Trinajstić information content (AvgIpc) is 1.54. The summed E-state index contributed by atoms with van der Waals surface area (Å²) in [4.78, 5) is 0. The highest BCUT2D eigenvalue weighted by molar-refractivity contribution is 4.70. The molecule has 10 heavy (non-hydrogen) atoms. The van der Waals surface area contributed by atoms with Crippen molar-refractivity contribution in [2.45, 2.75) is 52.1 Å². The van der Waals surface area contributed by atoms with Crippen LogP contribution >= 0.6 is 0 Å². The minimum absolute atomic E-state index is 0.332. The molecule has 2 nitrogen and oxygen atoms in total. The predicted octanol–water partition coefficient (Wildman–Crippen LogP) is 1.94. The van der Waals surface area contributed by atoms with Gasteiger partial charge in [-0.25, -0.2) is 0 Å². The second kappa shape index (κ2) is 2.51. The Morgan fingerprint density at radius 1 is 1.10 bits per heavy atom. The maximum Gasteiger partial charge on any atom is 0.163 e. The molecule has 0 spiro atoms. The van der Waals surface area contributed by atoms with Crippen LogP contribution in [0.25, 0.3) is 0 Å². The SMILES string of the molecule is C[C@@H]1C[C@@H](C)OC(C)(C)O1. The summed E-state index contributed by atoms with van der Waals surface area (Å²) >= 11 is 0. The van der Waals surface area contributed by atoms with Crippen molar-refractivity contribution >= 4 is 0 Å². The molecule has 0 unspecified atom stereocenters. The lowest BCUT2D eigenvalue weighted by Gasteiger charge is -2.38. The summed E-state index contributed by atoms with van der Waals surface area (Å²) in [6, 6.07) is 0. The van der Waals surface area contributed by atoms with Gasteiger partial charge in [0.05, 0.1) is 12.2 Å². The second-order valence-electron chi connectivity index (χ2n) is 3.49. The van der Waals surface area contributed by atoms with Crippen molar-refractivity contribution in [1.82, 2.24) is 0 Å². The Hall–Kier alpha value is -0.0800. The zero-order chi connectivity index (χ0) is 7.78. The molecule has 0 aromatic heterocycles. The van der Waals surface area contributed by atoms with E-state index in [1.165, 1.54) is 0 Å². The molecule has 1 fully saturated rings. The molecule has 0 aromatic carbocycles. The Kier molecular flexibility index (Phi) is 2.02. The van der Waals surface area contributed by atoms with Crippen LogP contribution in [0.4, 0.5) is 0 Å². The zero-order valence-corrected chi connectivity index (χ0v) is 7.18. The summed E-state index contributed by atoms with van der Waals surface area (Å²) in [5.41, 5.74) is 0. The van der Waals surface area contributed by atoms with Gasteiger partial charge in [0.15, 0.2) is 5.79 Å². The number of hydrogen-bond acceptors (Lipinski definition) is 2. The molecule has 1 aliphatic rings. The van der Waals surface area contributed by atoms with Gasteiger partial charge in [0.1, 0.15) is 0 Å². The highest BCUT2D eigenvalue weighted by Crippen LogP contribution is 2.25.